The summed E-state index contributed by atoms with van der Waals surface area (Å²) in [6.45, 7) is 1.91. The minimum absolute atomic E-state index is 0.286. The van der Waals surface area contributed by atoms with Crippen molar-refractivity contribution in [2.24, 2.45) is 0 Å². The van der Waals surface area contributed by atoms with Crippen LogP contribution in [0.2, 0.25) is 0 Å². The first-order valence-electron chi connectivity index (χ1n) is 9.35. The lowest BCUT2D eigenvalue weighted by atomic mass is 10.1. The monoisotopic (exact) mass is 443 g/mol. The highest BCUT2D eigenvalue weighted by Gasteiger charge is 2.22. The number of halogens is 1. The second-order valence-corrected chi connectivity index (χ2v) is 8.55. The number of anilines is 1. The van der Waals surface area contributed by atoms with Gasteiger partial charge in [0.2, 0.25) is 5.91 Å². The Balaban J connectivity index is 1.69. The van der Waals surface area contributed by atoms with Crippen LogP contribution in [-0.4, -0.2) is 34.8 Å². The van der Waals surface area contributed by atoms with Gasteiger partial charge in [0.15, 0.2) is 5.13 Å². The van der Waals surface area contributed by atoms with Crippen LogP contribution in [0.3, 0.4) is 0 Å². The molecule has 0 bridgehead atoms. The fourth-order valence-electron chi connectivity index (χ4n) is 2.81. The standard InChI is InChI=1S/C22H22FN3O2S2/c1-14-4-3-5-16(12-14)20(27)24-18(10-11-29-2)21(28)26-22-25-19(13-30-22)15-6-8-17(23)9-7-15/h3-9,12-13,18H,10-11H2,1-2H3,(H,24,27)(H,25,26,28). The van der Waals surface area contributed by atoms with Crippen LogP contribution in [0, 0.1) is 12.7 Å². The Morgan fingerprint density at radius 1 is 1.20 bits per heavy atom. The Morgan fingerprint density at radius 3 is 2.67 bits per heavy atom. The number of hydrogen-bond donors (Lipinski definition) is 2. The van der Waals surface area contributed by atoms with Crippen LogP contribution in [0.5, 0.6) is 0 Å². The maximum Gasteiger partial charge on any atom is 0.251 e. The van der Waals surface area contributed by atoms with Crippen LogP contribution in [0.1, 0.15) is 22.3 Å². The molecular formula is C22H22FN3O2S2. The van der Waals surface area contributed by atoms with E-state index in [1.165, 1.54) is 23.5 Å². The average Bonchev–Trinajstić information content (AvgIpc) is 3.19. The van der Waals surface area contributed by atoms with Gasteiger partial charge < -0.3 is 10.6 Å². The Morgan fingerprint density at radius 2 is 1.97 bits per heavy atom. The van der Waals surface area contributed by atoms with E-state index in [0.717, 1.165) is 16.9 Å². The van der Waals surface area contributed by atoms with Gasteiger partial charge in [-0.05, 0) is 61.8 Å². The summed E-state index contributed by atoms with van der Waals surface area (Å²) >= 11 is 2.89. The number of aryl methyl sites for hydroxylation is 1. The van der Waals surface area contributed by atoms with Gasteiger partial charge in [0.05, 0.1) is 5.69 Å². The lowest BCUT2D eigenvalue weighted by Gasteiger charge is -2.17. The molecule has 5 nitrogen and oxygen atoms in total. The number of rotatable bonds is 8. The predicted molar refractivity (Wildman–Crippen MR) is 122 cm³/mol. The molecule has 156 valence electrons. The lowest BCUT2D eigenvalue weighted by molar-refractivity contribution is -0.118. The Bertz CT molecular complexity index is 1020. The fourth-order valence-corrected chi connectivity index (χ4v) is 4.00. The first-order valence-corrected chi connectivity index (χ1v) is 11.6. The molecule has 2 amide bonds. The van der Waals surface area contributed by atoms with Gasteiger partial charge in [-0.15, -0.1) is 11.3 Å². The maximum absolute atomic E-state index is 13.1. The smallest absolute Gasteiger partial charge is 0.251 e. The Hall–Kier alpha value is -2.71. The summed E-state index contributed by atoms with van der Waals surface area (Å²) in [4.78, 5) is 29.8. The zero-order valence-electron chi connectivity index (χ0n) is 16.6. The molecule has 3 aromatic rings. The molecule has 0 spiro atoms. The van der Waals surface area contributed by atoms with E-state index in [2.05, 4.69) is 15.6 Å². The topological polar surface area (TPSA) is 71.1 Å². The van der Waals surface area contributed by atoms with Gasteiger partial charge in [-0.1, -0.05) is 17.7 Å². The van der Waals surface area contributed by atoms with Gasteiger partial charge in [0.25, 0.3) is 5.91 Å². The molecule has 0 radical (unpaired) electrons. The molecule has 1 aromatic heterocycles. The lowest BCUT2D eigenvalue weighted by Crippen LogP contribution is -2.44. The number of thiazole rings is 1. The van der Waals surface area contributed by atoms with E-state index in [1.54, 1.807) is 41.4 Å². The van der Waals surface area contributed by atoms with Crippen LogP contribution in [0.25, 0.3) is 11.3 Å². The molecular weight excluding hydrogens is 421 g/mol. The summed E-state index contributed by atoms with van der Waals surface area (Å²) in [6.07, 6.45) is 2.45. The summed E-state index contributed by atoms with van der Waals surface area (Å²) in [5, 5.41) is 7.85. The molecule has 30 heavy (non-hydrogen) atoms. The van der Waals surface area contributed by atoms with Crippen molar-refractivity contribution in [3.8, 4) is 11.3 Å². The normalized spacial score (nSPS) is 11.7. The van der Waals surface area contributed by atoms with Crippen LogP contribution < -0.4 is 10.6 Å². The largest absolute Gasteiger partial charge is 0.340 e. The first-order chi connectivity index (χ1) is 14.5. The van der Waals surface area contributed by atoms with Crippen molar-refractivity contribution in [2.75, 3.05) is 17.3 Å². The van der Waals surface area contributed by atoms with Crippen molar-refractivity contribution in [3.63, 3.8) is 0 Å². The van der Waals surface area contributed by atoms with E-state index in [9.17, 15) is 14.0 Å². The highest BCUT2D eigenvalue weighted by molar-refractivity contribution is 7.98. The molecule has 0 fully saturated rings. The molecule has 0 aliphatic heterocycles. The average molecular weight is 444 g/mol. The number of nitrogens with zero attached hydrogens (tertiary/aromatic N) is 1. The first kappa shape index (κ1) is 22.0. The number of hydrogen-bond acceptors (Lipinski definition) is 5. The highest BCUT2D eigenvalue weighted by Crippen LogP contribution is 2.25. The number of aromatic nitrogens is 1. The van der Waals surface area contributed by atoms with Gasteiger partial charge in [0, 0.05) is 16.5 Å². The summed E-state index contributed by atoms with van der Waals surface area (Å²) in [7, 11) is 0. The zero-order chi connectivity index (χ0) is 21.5. The summed E-state index contributed by atoms with van der Waals surface area (Å²) in [6, 6.07) is 12.6. The van der Waals surface area contributed by atoms with Gasteiger partial charge in [0.1, 0.15) is 11.9 Å². The molecule has 3 rings (SSSR count). The maximum atomic E-state index is 13.1. The van der Waals surface area contributed by atoms with Gasteiger partial charge in [-0.3, -0.25) is 9.59 Å². The number of carbonyl (C=O) groups excluding carboxylic acids is 2. The molecule has 0 aliphatic carbocycles. The van der Waals surface area contributed by atoms with E-state index < -0.39 is 6.04 Å². The Kier molecular flexibility index (Phi) is 7.59. The van der Waals surface area contributed by atoms with Gasteiger partial charge in [-0.2, -0.15) is 11.8 Å². The Labute approximate surface area is 183 Å². The van der Waals surface area contributed by atoms with Gasteiger partial charge in [-0.25, -0.2) is 9.37 Å². The molecule has 1 unspecified atom stereocenters. The number of benzene rings is 2. The van der Waals surface area contributed by atoms with Crippen molar-refractivity contribution < 1.29 is 14.0 Å². The van der Waals surface area contributed by atoms with E-state index in [1.807, 2.05) is 25.3 Å². The fraction of sp³-hybridized carbons (Fsp3) is 0.227. The highest BCUT2D eigenvalue weighted by atomic mass is 32.2. The van der Waals surface area contributed by atoms with Crippen LogP contribution in [-0.2, 0) is 4.79 Å². The molecule has 2 aromatic carbocycles. The SMILES string of the molecule is CSCCC(NC(=O)c1cccc(C)c1)C(=O)Nc1nc(-c2ccc(F)cc2)cs1. The number of carbonyl (C=O) groups is 2. The molecule has 0 saturated carbocycles. The van der Waals surface area contributed by atoms with E-state index >= 15 is 0 Å². The second-order valence-electron chi connectivity index (χ2n) is 6.71. The molecule has 8 heteroatoms. The predicted octanol–water partition coefficient (Wildman–Crippen LogP) is 4.75. The van der Waals surface area contributed by atoms with Crippen molar-refractivity contribution >= 4 is 40.0 Å². The van der Waals surface area contributed by atoms with E-state index in [0.29, 0.717) is 22.8 Å². The molecule has 2 N–H and O–H groups in total. The van der Waals surface area contributed by atoms with Crippen molar-refractivity contribution in [1.82, 2.24) is 10.3 Å². The number of thioether (sulfide) groups is 1. The van der Waals surface area contributed by atoms with Crippen molar-refractivity contribution in [1.29, 1.82) is 0 Å². The van der Waals surface area contributed by atoms with Gasteiger partial charge >= 0.3 is 0 Å². The third-order valence-corrected chi connectivity index (χ3v) is 5.79. The third kappa shape index (κ3) is 5.90. The third-order valence-electron chi connectivity index (χ3n) is 4.39. The van der Waals surface area contributed by atoms with E-state index in [-0.39, 0.29) is 17.6 Å². The second kappa shape index (κ2) is 10.4. The molecule has 1 atom stereocenters. The summed E-state index contributed by atoms with van der Waals surface area (Å²) < 4.78 is 13.1. The van der Waals surface area contributed by atoms with Crippen LogP contribution in [0.15, 0.2) is 53.9 Å². The quantitative estimate of drug-likeness (QED) is 0.527. The number of amides is 2. The van der Waals surface area contributed by atoms with Crippen LogP contribution in [0.4, 0.5) is 9.52 Å². The van der Waals surface area contributed by atoms with E-state index in [4.69, 9.17) is 0 Å². The van der Waals surface area contributed by atoms with Crippen molar-refractivity contribution in [2.45, 2.75) is 19.4 Å². The zero-order valence-corrected chi connectivity index (χ0v) is 18.3. The molecule has 0 aliphatic rings. The molecule has 0 saturated heterocycles. The summed E-state index contributed by atoms with van der Waals surface area (Å²) in [5.41, 5.74) is 2.91. The molecule has 1 heterocycles. The van der Waals surface area contributed by atoms with Crippen LogP contribution >= 0.6 is 23.1 Å². The minimum atomic E-state index is -0.677. The minimum Gasteiger partial charge on any atom is -0.340 e. The summed E-state index contributed by atoms with van der Waals surface area (Å²) in [5.74, 6) is -0.190. The number of nitrogens with one attached hydrogen (secondary N) is 2. The van der Waals surface area contributed by atoms with Crippen molar-refractivity contribution in [3.05, 3.63) is 70.9 Å².